The molecule has 0 aliphatic carbocycles. The molecule has 0 fully saturated rings. The van der Waals surface area contributed by atoms with E-state index < -0.39 is 0 Å². The minimum atomic E-state index is 0.525. The Morgan fingerprint density at radius 1 is 0.383 bits per heavy atom. The average molecular weight is 605 g/mol. The zero-order chi connectivity index (χ0) is 31.2. The Labute approximate surface area is 269 Å². The molecule has 0 bridgehead atoms. The number of fused-ring (bicyclic) bond motifs is 4. The number of nitrogens with zero attached hydrogens (tertiary/aromatic N) is 6. The molecular weight excluding hydrogens is 580 g/mol. The molecular formula is C40H24N6O. The van der Waals surface area contributed by atoms with Gasteiger partial charge in [0.05, 0.1) is 5.39 Å². The molecule has 7 heteroatoms. The maximum absolute atomic E-state index is 6.30. The van der Waals surface area contributed by atoms with Gasteiger partial charge in [-0.1, -0.05) is 109 Å². The van der Waals surface area contributed by atoms with E-state index in [1.54, 1.807) is 0 Å². The molecule has 4 aromatic heterocycles. The topological polar surface area (TPSA) is 90.5 Å². The van der Waals surface area contributed by atoms with E-state index in [2.05, 4.69) is 40.3 Å². The summed E-state index contributed by atoms with van der Waals surface area (Å²) >= 11 is 0. The van der Waals surface area contributed by atoms with Crippen molar-refractivity contribution in [3.8, 4) is 56.8 Å². The lowest BCUT2D eigenvalue weighted by atomic mass is 10.0. The lowest BCUT2D eigenvalue weighted by Crippen LogP contribution is -2.00. The fraction of sp³-hybridized carbons (Fsp3) is 0. The van der Waals surface area contributed by atoms with Crippen LogP contribution in [0.4, 0.5) is 0 Å². The van der Waals surface area contributed by atoms with E-state index in [1.165, 1.54) is 0 Å². The summed E-state index contributed by atoms with van der Waals surface area (Å²) in [6.07, 6.45) is 3.66. The van der Waals surface area contributed by atoms with Crippen LogP contribution in [0.5, 0.6) is 0 Å². The molecule has 0 N–H and O–H groups in total. The summed E-state index contributed by atoms with van der Waals surface area (Å²) in [6.45, 7) is 0. The van der Waals surface area contributed by atoms with Gasteiger partial charge in [-0.2, -0.15) is 4.98 Å². The Kier molecular flexibility index (Phi) is 6.31. The largest absolute Gasteiger partial charge is 0.438 e. The van der Waals surface area contributed by atoms with Gasteiger partial charge in [0.2, 0.25) is 5.71 Å². The highest BCUT2D eigenvalue weighted by Crippen LogP contribution is 2.34. The standard InChI is InChI=1S/C40H24N6O/c1-3-10-25(11-4-1)36-43-37(26-12-5-2-6-13-26)45-38(44-36)30-17-9-16-27(20-30)29-18-19-32-33-24-42-39(46-40(33)47-35(32)22-29)34-21-28-14-7-8-15-31(28)23-41-34/h1-24H. The molecule has 0 saturated carbocycles. The first-order valence-electron chi connectivity index (χ1n) is 15.3. The van der Waals surface area contributed by atoms with Crippen molar-refractivity contribution in [2.75, 3.05) is 0 Å². The first kappa shape index (κ1) is 26.8. The van der Waals surface area contributed by atoms with Crippen LogP contribution in [0.25, 0.3) is 89.7 Å². The van der Waals surface area contributed by atoms with Crippen LogP contribution in [-0.4, -0.2) is 29.9 Å². The van der Waals surface area contributed by atoms with E-state index in [4.69, 9.17) is 24.4 Å². The Bertz CT molecular complexity index is 2520. The van der Waals surface area contributed by atoms with Gasteiger partial charge in [0.25, 0.3) is 0 Å². The van der Waals surface area contributed by atoms with Gasteiger partial charge < -0.3 is 4.42 Å². The summed E-state index contributed by atoms with van der Waals surface area (Å²) in [5.74, 6) is 2.39. The number of pyridine rings is 1. The third-order valence-electron chi connectivity index (χ3n) is 8.25. The van der Waals surface area contributed by atoms with E-state index in [-0.39, 0.29) is 0 Å². The second kappa shape index (κ2) is 11.1. The smallest absolute Gasteiger partial charge is 0.230 e. The third kappa shape index (κ3) is 4.96. The number of aromatic nitrogens is 6. The summed E-state index contributed by atoms with van der Waals surface area (Å²) < 4.78 is 6.30. The first-order valence-corrected chi connectivity index (χ1v) is 15.3. The molecule has 9 aromatic rings. The van der Waals surface area contributed by atoms with Crippen LogP contribution < -0.4 is 0 Å². The predicted molar refractivity (Wildman–Crippen MR) is 185 cm³/mol. The molecule has 5 aromatic carbocycles. The quantitative estimate of drug-likeness (QED) is 0.193. The number of furan rings is 1. The van der Waals surface area contributed by atoms with Crippen LogP contribution in [0, 0.1) is 0 Å². The summed E-state index contributed by atoms with van der Waals surface area (Å²) in [5, 5.41) is 3.97. The average Bonchev–Trinajstić information content (AvgIpc) is 3.52. The van der Waals surface area contributed by atoms with Crippen molar-refractivity contribution in [3.05, 3.63) is 146 Å². The molecule has 220 valence electrons. The second-order valence-corrected chi connectivity index (χ2v) is 11.3. The molecule has 9 rings (SSSR count). The van der Waals surface area contributed by atoms with Crippen LogP contribution in [0.2, 0.25) is 0 Å². The molecule has 47 heavy (non-hydrogen) atoms. The van der Waals surface area contributed by atoms with E-state index in [1.807, 2.05) is 116 Å². The van der Waals surface area contributed by atoms with Gasteiger partial charge in [-0.05, 0) is 40.8 Å². The summed E-state index contributed by atoms with van der Waals surface area (Å²) in [7, 11) is 0. The Morgan fingerprint density at radius 2 is 1.00 bits per heavy atom. The monoisotopic (exact) mass is 604 g/mol. The molecule has 0 atom stereocenters. The van der Waals surface area contributed by atoms with Crippen molar-refractivity contribution < 1.29 is 4.42 Å². The highest BCUT2D eigenvalue weighted by Gasteiger charge is 2.15. The van der Waals surface area contributed by atoms with Gasteiger partial charge in [0, 0.05) is 39.9 Å². The van der Waals surface area contributed by atoms with Crippen LogP contribution in [0.3, 0.4) is 0 Å². The van der Waals surface area contributed by atoms with Crippen molar-refractivity contribution in [3.63, 3.8) is 0 Å². The van der Waals surface area contributed by atoms with E-state index >= 15 is 0 Å². The fourth-order valence-electron chi connectivity index (χ4n) is 5.85. The molecule has 0 unspecified atom stereocenters. The van der Waals surface area contributed by atoms with Crippen molar-refractivity contribution in [1.29, 1.82) is 0 Å². The Balaban J connectivity index is 1.10. The minimum Gasteiger partial charge on any atom is -0.438 e. The van der Waals surface area contributed by atoms with Gasteiger partial charge in [0.15, 0.2) is 23.3 Å². The molecule has 7 nitrogen and oxygen atoms in total. The maximum atomic E-state index is 6.30. The van der Waals surface area contributed by atoms with Gasteiger partial charge in [-0.3, -0.25) is 4.98 Å². The number of hydrogen-bond donors (Lipinski definition) is 0. The molecule has 0 radical (unpaired) electrons. The van der Waals surface area contributed by atoms with Crippen molar-refractivity contribution in [2.45, 2.75) is 0 Å². The van der Waals surface area contributed by atoms with Crippen molar-refractivity contribution in [1.82, 2.24) is 29.9 Å². The Hall–Kier alpha value is -6.60. The molecule has 0 spiro atoms. The zero-order valence-corrected chi connectivity index (χ0v) is 24.9. The van der Waals surface area contributed by atoms with E-state index in [0.29, 0.717) is 34.7 Å². The summed E-state index contributed by atoms with van der Waals surface area (Å²) in [6, 6.07) is 44.5. The van der Waals surface area contributed by atoms with Crippen LogP contribution in [-0.2, 0) is 0 Å². The molecule has 0 saturated heterocycles. The maximum Gasteiger partial charge on any atom is 0.230 e. The third-order valence-corrected chi connectivity index (χ3v) is 8.25. The van der Waals surface area contributed by atoms with Crippen LogP contribution >= 0.6 is 0 Å². The Morgan fingerprint density at radius 3 is 1.74 bits per heavy atom. The second-order valence-electron chi connectivity index (χ2n) is 11.3. The molecule has 0 amide bonds. The lowest BCUT2D eigenvalue weighted by Gasteiger charge is -2.09. The van der Waals surface area contributed by atoms with E-state index in [9.17, 15) is 0 Å². The predicted octanol–water partition coefficient (Wildman–Crippen LogP) is 9.44. The minimum absolute atomic E-state index is 0.525. The molecule has 0 aliphatic heterocycles. The van der Waals surface area contributed by atoms with Crippen molar-refractivity contribution >= 4 is 32.8 Å². The van der Waals surface area contributed by atoms with Gasteiger partial charge in [-0.25, -0.2) is 19.9 Å². The highest BCUT2D eigenvalue weighted by atomic mass is 16.3. The number of rotatable bonds is 5. The first-order chi connectivity index (χ1) is 23.2. The summed E-state index contributed by atoms with van der Waals surface area (Å²) in [5.41, 5.74) is 6.74. The number of hydrogen-bond acceptors (Lipinski definition) is 7. The highest BCUT2D eigenvalue weighted by molar-refractivity contribution is 6.04. The van der Waals surface area contributed by atoms with Gasteiger partial charge >= 0.3 is 0 Å². The SMILES string of the molecule is c1ccc(-c2nc(-c3ccccc3)nc(-c3cccc(-c4ccc5c(c4)oc4nc(-c6cc7ccccc7cn6)ncc45)c3)n2)cc1. The van der Waals surface area contributed by atoms with Gasteiger partial charge in [-0.15, -0.1) is 0 Å². The molecule has 0 aliphatic rings. The van der Waals surface area contributed by atoms with Gasteiger partial charge in [0.1, 0.15) is 11.3 Å². The van der Waals surface area contributed by atoms with Crippen molar-refractivity contribution in [2.24, 2.45) is 0 Å². The number of benzene rings is 5. The van der Waals surface area contributed by atoms with E-state index in [0.717, 1.165) is 54.9 Å². The van der Waals surface area contributed by atoms with Crippen LogP contribution in [0.1, 0.15) is 0 Å². The fourth-order valence-corrected chi connectivity index (χ4v) is 5.85. The molecule has 4 heterocycles. The summed E-state index contributed by atoms with van der Waals surface area (Å²) in [4.78, 5) is 28.6. The normalized spacial score (nSPS) is 11.4. The van der Waals surface area contributed by atoms with Crippen LogP contribution in [0.15, 0.2) is 150 Å². The zero-order valence-electron chi connectivity index (χ0n) is 24.9. The lowest BCUT2D eigenvalue weighted by molar-refractivity contribution is 0.653.